The molecule has 0 bridgehead atoms. The van der Waals surface area contributed by atoms with E-state index in [-0.39, 0.29) is 21.7 Å². The van der Waals surface area contributed by atoms with Gasteiger partial charge in [0.15, 0.2) is 5.82 Å². The van der Waals surface area contributed by atoms with Crippen molar-refractivity contribution >= 4 is 68.5 Å². The van der Waals surface area contributed by atoms with Crippen molar-refractivity contribution in [3.05, 3.63) is 336 Å². The van der Waals surface area contributed by atoms with Crippen molar-refractivity contribution in [2.45, 2.75) is 90.9 Å². The summed E-state index contributed by atoms with van der Waals surface area (Å²) in [6.07, 6.45) is 3.84. The van der Waals surface area contributed by atoms with Gasteiger partial charge in [-0.1, -0.05) is 233 Å². The minimum absolute atomic E-state index is 0.154. The van der Waals surface area contributed by atoms with Gasteiger partial charge in [-0.3, -0.25) is 9.80 Å². The van der Waals surface area contributed by atoms with Crippen LogP contribution in [0, 0.1) is 0 Å². The van der Waals surface area contributed by atoms with Gasteiger partial charge in [0.1, 0.15) is 11.6 Å². The van der Waals surface area contributed by atoms with E-state index in [1.807, 2.05) is 38.4 Å². The summed E-state index contributed by atoms with van der Waals surface area (Å²) in [5.41, 5.74) is 25.7. The molecule has 8 heteroatoms. The first-order valence-corrected chi connectivity index (χ1v) is 33.6. The number of pyridine rings is 2. The van der Waals surface area contributed by atoms with E-state index in [4.69, 9.17) is 19.9 Å². The molecule has 0 amide bonds. The molecule has 13 aromatic rings. The van der Waals surface area contributed by atoms with E-state index in [2.05, 4.69) is 342 Å². The molecule has 470 valence electrons. The first kappa shape index (κ1) is 61.0. The highest BCUT2D eigenvalue weighted by Gasteiger charge is 2.49. The van der Waals surface area contributed by atoms with E-state index in [0.717, 1.165) is 85.4 Å². The zero-order chi connectivity index (χ0) is 66.1. The van der Waals surface area contributed by atoms with Gasteiger partial charge in [0, 0.05) is 96.0 Å². The fourth-order valence-corrected chi connectivity index (χ4v) is 15.1. The maximum absolute atomic E-state index is 5.12. The quantitative estimate of drug-likeness (QED) is 0.142. The van der Waals surface area contributed by atoms with E-state index >= 15 is 0 Å². The van der Waals surface area contributed by atoms with Crippen LogP contribution < -0.4 is 19.6 Å². The molecular formula is C88H78N8. The number of nitrogens with zero attached hydrogens (tertiary/aromatic N) is 8. The standard InChI is InChI=1S/C47H40N4.C39H32N4.C2H6/c1-46(2)39-26-17-29-48-45(39)51-43-28-27-37(49(33-18-9-5-10-19-33)34-20-11-6-12-21-34)30-40(43)47(3,4)42-32-38(31-41(46)44(42)51)50(35-22-13-7-14-23-35)36-24-15-8-16-25-36;1-38(2)28-17-11-18-29-35(28)43(37-30(38)19-12-22-40-37)34-21-20-27(23-31(34)39(29,3)4)36-41-32(25-13-7-5-8-14-25)24-33(42-36)26-15-9-6-10-16-26;1-2/h5-32H,1-4H3;5-24H,1-4H3;1-2H3. The lowest BCUT2D eigenvalue weighted by Gasteiger charge is -2.49. The van der Waals surface area contributed by atoms with Crippen LogP contribution >= 0.6 is 0 Å². The summed E-state index contributed by atoms with van der Waals surface area (Å²) in [7, 11) is 0. The molecule has 0 saturated heterocycles. The van der Waals surface area contributed by atoms with Crippen LogP contribution in [0.3, 0.4) is 0 Å². The maximum Gasteiger partial charge on any atom is 0.160 e. The molecule has 0 spiro atoms. The third-order valence-corrected chi connectivity index (χ3v) is 20.1. The van der Waals surface area contributed by atoms with E-state index in [9.17, 15) is 0 Å². The van der Waals surface area contributed by atoms with Gasteiger partial charge in [-0.25, -0.2) is 19.9 Å². The molecule has 8 nitrogen and oxygen atoms in total. The number of hydrogen-bond acceptors (Lipinski definition) is 8. The van der Waals surface area contributed by atoms with Crippen LogP contribution in [0.1, 0.15) is 114 Å². The van der Waals surface area contributed by atoms with Crippen molar-refractivity contribution in [2.75, 3.05) is 19.6 Å². The average Bonchev–Trinajstić information content (AvgIpc) is 0.697. The first-order chi connectivity index (χ1) is 46.7. The fraction of sp³-hybridized carbons (Fsp3) is 0.159. The summed E-state index contributed by atoms with van der Waals surface area (Å²) in [6.45, 7) is 22.8. The predicted octanol–water partition coefficient (Wildman–Crippen LogP) is 23.4. The Morgan fingerprint density at radius 1 is 0.271 bits per heavy atom. The molecule has 7 heterocycles. The molecule has 0 fully saturated rings. The molecule has 0 atom stereocenters. The molecule has 4 aliphatic rings. The Morgan fingerprint density at radius 2 is 0.615 bits per heavy atom. The predicted molar refractivity (Wildman–Crippen MR) is 399 cm³/mol. The van der Waals surface area contributed by atoms with E-state index < -0.39 is 0 Å². The Hall–Kier alpha value is -11.2. The van der Waals surface area contributed by atoms with Gasteiger partial charge in [-0.15, -0.1) is 0 Å². The average molecular weight is 1250 g/mol. The molecule has 4 aliphatic heterocycles. The van der Waals surface area contributed by atoms with Gasteiger partial charge in [-0.2, -0.15) is 0 Å². The van der Waals surface area contributed by atoms with Crippen molar-refractivity contribution in [1.29, 1.82) is 0 Å². The van der Waals surface area contributed by atoms with Gasteiger partial charge in [-0.05, 0) is 149 Å². The first-order valence-electron chi connectivity index (χ1n) is 33.6. The van der Waals surface area contributed by atoms with E-state index in [0.29, 0.717) is 0 Å². The van der Waals surface area contributed by atoms with Crippen LogP contribution in [0.15, 0.2) is 291 Å². The number of benzene rings is 10. The van der Waals surface area contributed by atoms with Crippen LogP contribution in [0.25, 0.3) is 33.9 Å². The summed E-state index contributed by atoms with van der Waals surface area (Å²) in [6, 6.07) is 99.4. The van der Waals surface area contributed by atoms with Crippen LogP contribution in [0.5, 0.6) is 0 Å². The minimum Gasteiger partial charge on any atom is -0.310 e. The highest BCUT2D eigenvalue weighted by atomic mass is 15.2. The maximum atomic E-state index is 5.12. The number of fused-ring (bicyclic) bond motifs is 8. The van der Waals surface area contributed by atoms with Crippen molar-refractivity contribution in [3.8, 4) is 33.9 Å². The van der Waals surface area contributed by atoms with Crippen molar-refractivity contribution in [3.63, 3.8) is 0 Å². The Morgan fingerprint density at radius 3 is 1.06 bits per heavy atom. The summed E-state index contributed by atoms with van der Waals surface area (Å²) in [4.78, 5) is 29.9. The molecule has 0 unspecified atom stereocenters. The second-order valence-corrected chi connectivity index (χ2v) is 27.2. The summed E-state index contributed by atoms with van der Waals surface area (Å²) in [5.74, 6) is 2.72. The molecule has 96 heavy (non-hydrogen) atoms. The van der Waals surface area contributed by atoms with E-state index in [1.54, 1.807) is 0 Å². The van der Waals surface area contributed by atoms with Crippen molar-refractivity contribution in [2.24, 2.45) is 0 Å². The van der Waals surface area contributed by atoms with Gasteiger partial charge < -0.3 is 9.80 Å². The van der Waals surface area contributed by atoms with Gasteiger partial charge >= 0.3 is 0 Å². The van der Waals surface area contributed by atoms with Crippen LogP contribution in [0.2, 0.25) is 0 Å². The third kappa shape index (κ3) is 10.0. The summed E-state index contributed by atoms with van der Waals surface area (Å²) < 4.78 is 0. The lowest BCUT2D eigenvalue weighted by atomic mass is 9.66. The normalized spacial score (nSPS) is 14.6. The molecule has 10 aromatic carbocycles. The molecule has 0 radical (unpaired) electrons. The highest BCUT2D eigenvalue weighted by molar-refractivity contribution is 5.96. The zero-order valence-corrected chi connectivity index (χ0v) is 56.3. The highest BCUT2D eigenvalue weighted by Crippen LogP contribution is 2.63. The summed E-state index contributed by atoms with van der Waals surface area (Å²) in [5, 5.41) is 0. The number of rotatable bonds is 9. The third-order valence-electron chi connectivity index (χ3n) is 20.1. The topological polar surface area (TPSA) is 64.5 Å². The second kappa shape index (κ2) is 24.0. The Kier molecular flexibility index (Phi) is 15.2. The second-order valence-electron chi connectivity index (χ2n) is 27.2. The van der Waals surface area contributed by atoms with E-state index in [1.165, 1.54) is 61.6 Å². The zero-order valence-electron chi connectivity index (χ0n) is 56.3. The smallest absolute Gasteiger partial charge is 0.160 e. The van der Waals surface area contributed by atoms with Crippen LogP contribution in [-0.4, -0.2) is 19.9 Å². The number of aromatic nitrogens is 4. The lowest BCUT2D eigenvalue weighted by Crippen LogP contribution is -2.39. The molecular weight excluding hydrogens is 1170 g/mol. The Labute approximate surface area is 565 Å². The van der Waals surface area contributed by atoms with Crippen LogP contribution in [-0.2, 0) is 21.7 Å². The Bertz CT molecular complexity index is 4890. The minimum atomic E-state index is -0.345. The molecule has 0 N–H and O–H groups in total. The molecule has 0 aliphatic carbocycles. The number of anilines is 12. The molecule has 3 aromatic heterocycles. The van der Waals surface area contributed by atoms with Gasteiger partial charge in [0.05, 0.1) is 34.1 Å². The van der Waals surface area contributed by atoms with Crippen LogP contribution in [0.4, 0.5) is 68.5 Å². The SMILES string of the molecule is CC.CC1(C)c2cc(-c3nc(-c4ccccc4)cc(-c4ccccc4)n3)ccc2N2c3ncccc3C(C)(C)c3cccc1c32.CC1(C)c2cc(N(c3ccccc3)c3ccccc3)ccc2N2c3ncccc3C(C)(C)c3cc(N(c4ccccc4)c4ccccc4)cc1c32. The number of para-hydroxylation sites is 5. The largest absolute Gasteiger partial charge is 0.310 e. The lowest BCUT2D eigenvalue weighted by molar-refractivity contribution is 0.594. The van der Waals surface area contributed by atoms with Crippen molar-refractivity contribution in [1.82, 2.24) is 19.9 Å². The number of hydrogen-bond donors (Lipinski definition) is 0. The fourth-order valence-electron chi connectivity index (χ4n) is 15.1. The molecule has 17 rings (SSSR count). The van der Waals surface area contributed by atoms with Gasteiger partial charge in [0.25, 0.3) is 0 Å². The molecule has 0 saturated carbocycles. The Balaban J connectivity index is 0.000000156. The monoisotopic (exact) mass is 1250 g/mol. The summed E-state index contributed by atoms with van der Waals surface area (Å²) >= 11 is 0. The van der Waals surface area contributed by atoms with Crippen molar-refractivity contribution < 1.29 is 0 Å². The van der Waals surface area contributed by atoms with Gasteiger partial charge in [0.2, 0.25) is 0 Å².